The number of aromatic nitrogens is 2. The molecule has 0 spiro atoms. The summed E-state index contributed by atoms with van der Waals surface area (Å²) in [5, 5.41) is 2.10. The summed E-state index contributed by atoms with van der Waals surface area (Å²) in [4.78, 5) is 6.07. The van der Waals surface area contributed by atoms with Gasteiger partial charge < -0.3 is 14.0 Å². The Bertz CT molecular complexity index is 1130. The van der Waals surface area contributed by atoms with E-state index in [1.54, 1.807) is 18.4 Å². The van der Waals surface area contributed by atoms with Crippen LogP contribution >= 0.6 is 11.3 Å². The van der Waals surface area contributed by atoms with Crippen molar-refractivity contribution in [3.63, 3.8) is 0 Å². The SMILES string of the molecule is C/C=C/c1ccc(OCCCCn2c(-c3cccs3)nc3ccccc32)c(OC)c1. The number of rotatable bonds is 9. The molecule has 2 heterocycles. The molecular weight excluding hydrogens is 392 g/mol. The number of nitrogens with zero attached hydrogens (tertiary/aromatic N) is 2. The Morgan fingerprint density at radius 2 is 1.93 bits per heavy atom. The molecular formula is C25H26N2O2S. The average molecular weight is 419 g/mol. The number of thiophene rings is 1. The fourth-order valence-electron chi connectivity index (χ4n) is 3.55. The van der Waals surface area contributed by atoms with E-state index < -0.39 is 0 Å². The van der Waals surface area contributed by atoms with Crippen molar-refractivity contribution < 1.29 is 9.47 Å². The van der Waals surface area contributed by atoms with Gasteiger partial charge in [-0.3, -0.25) is 0 Å². The molecule has 0 N–H and O–H groups in total. The molecule has 0 saturated carbocycles. The number of hydrogen-bond acceptors (Lipinski definition) is 4. The third-order valence-corrected chi connectivity index (χ3v) is 5.84. The summed E-state index contributed by atoms with van der Waals surface area (Å²) >= 11 is 1.73. The molecule has 0 amide bonds. The van der Waals surface area contributed by atoms with E-state index in [4.69, 9.17) is 14.5 Å². The van der Waals surface area contributed by atoms with Gasteiger partial charge >= 0.3 is 0 Å². The molecule has 154 valence electrons. The van der Waals surface area contributed by atoms with Crippen molar-refractivity contribution in [2.24, 2.45) is 0 Å². The van der Waals surface area contributed by atoms with Crippen LogP contribution in [0.15, 0.2) is 66.1 Å². The van der Waals surface area contributed by atoms with Crippen molar-refractivity contribution in [1.82, 2.24) is 9.55 Å². The number of hydrogen-bond donors (Lipinski definition) is 0. The molecule has 0 radical (unpaired) electrons. The highest BCUT2D eigenvalue weighted by molar-refractivity contribution is 7.13. The second kappa shape index (κ2) is 9.63. The fourth-order valence-corrected chi connectivity index (χ4v) is 4.27. The third kappa shape index (κ3) is 4.41. The van der Waals surface area contributed by atoms with Crippen LogP contribution in [0.5, 0.6) is 11.5 Å². The Balaban J connectivity index is 1.40. The van der Waals surface area contributed by atoms with Crippen molar-refractivity contribution in [2.45, 2.75) is 26.3 Å². The molecule has 2 aromatic carbocycles. The van der Waals surface area contributed by atoms with Crippen LogP contribution in [0.4, 0.5) is 0 Å². The van der Waals surface area contributed by atoms with E-state index in [0.717, 1.165) is 47.8 Å². The summed E-state index contributed by atoms with van der Waals surface area (Å²) in [6.07, 6.45) is 6.03. The molecule has 2 aromatic heterocycles. The minimum absolute atomic E-state index is 0.653. The first-order valence-corrected chi connectivity index (χ1v) is 11.1. The van der Waals surface area contributed by atoms with Crippen molar-refractivity contribution in [3.8, 4) is 22.2 Å². The maximum atomic E-state index is 6.00. The summed E-state index contributed by atoms with van der Waals surface area (Å²) in [5.74, 6) is 2.61. The molecule has 0 aliphatic rings. The number of para-hydroxylation sites is 2. The Labute approximate surface area is 181 Å². The lowest BCUT2D eigenvalue weighted by atomic mass is 10.2. The van der Waals surface area contributed by atoms with E-state index in [-0.39, 0.29) is 0 Å². The molecule has 4 aromatic rings. The van der Waals surface area contributed by atoms with Gasteiger partial charge in [-0.2, -0.15) is 0 Å². The minimum Gasteiger partial charge on any atom is -0.493 e. The Morgan fingerprint density at radius 3 is 2.73 bits per heavy atom. The molecule has 4 nitrogen and oxygen atoms in total. The number of aryl methyl sites for hydroxylation is 1. The normalized spacial score (nSPS) is 11.4. The van der Waals surface area contributed by atoms with Crippen LogP contribution in [-0.2, 0) is 6.54 Å². The Morgan fingerprint density at radius 1 is 1.03 bits per heavy atom. The second-order valence-corrected chi connectivity index (χ2v) is 7.97. The number of benzene rings is 2. The molecule has 0 bridgehead atoms. The van der Waals surface area contributed by atoms with Gasteiger partial charge in [0.2, 0.25) is 0 Å². The van der Waals surface area contributed by atoms with Crippen LogP contribution in [0.1, 0.15) is 25.3 Å². The van der Waals surface area contributed by atoms with Gasteiger partial charge in [0.25, 0.3) is 0 Å². The van der Waals surface area contributed by atoms with E-state index in [2.05, 4.69) is 40.3 Å². The number of unbranched alkanes of at least 4 members (excludes halogenated alkanes) is 1. The number of allylic oxidation sites excluding steroid dienone is 1. The largest absolute Gasteiger partial charge is 0.493 e. The van der Waals surface area contributed by atoms with Crippen LogP contribution in [-0.4, -0.2) is 23.3 Å². The monoisotopic (exact) mass is 418 g/mol. The molecule has 5 heteroatoms. The van der Waals surface area contributed by atoms with Gasteiger partial charge in [0.05, 0.1) is 29.6 Å². The number of methoxy groups -OCH3 is 1. The number of imidazole rings is 1. The average Bonchev–Trinajstić information content (AvgIpc) is 3.42. The summed E-state index contributed by atoms with van der Waals surface area (Å²) in [5.41, 5.74) is 3.33. The van der Waals surface area contributed by atoms with Crippen LogP contribution in [0.2, 0.25) is 0 Å². The zero-order chi connectivity index (χ0) is 20.8. The highest BCUT2D eigenvalue weighted by Crippen LogP contribution is 2.30. The zero-order valence-corrected chi connectivity index (χ0v) is 18.2. The Kier molecular flexibility index (Phi) is 6.50. The molecule has 4 rings (SSSR count). The van der Waals surface area contributed by atoms with E-state index in [1.807, 2.05) is 43.3 Å². The minimum atomic E-state index is 0.653. The lowest BCUT2D eigenvalue weighted by molar-refractivity contribution is 0.284. The molecule has 0 atom stereocenters. The van der Waals surface area contributed by atoms with E-state index in [0.29, 0.717) is 6.61 Å². The van der Waals surface area contributed by atoms with Crippen LogP contribution in [0.25, 0.3) is 27.8 Å². The molecule has 0 aliphatic carbocycles. The van der Waals surface area contributed by atoms with Crippen LogP contribution in [0, 0.1) is 0 Å². The summed E-state index contributed by atoms with van der Waals surface area (Å²) in [6.45, 7) is 3.57. The number of ether oxygens (including phenoxy) is 2. The maximum absolute atomic E-state index is 6.00. The molecule has 30 heavy (non-hydrogen) atoms. The summed E-state index contributed by atoms with van der Waals surface area (Å²) in [6, 6.07) is 18.6. The smallest absolute Gasteiger partial charge is 0.161 e. The van der Waals surface area contributed by atoms with Gasteiger partial charge in [0, 0.05) is 6.54 Å². The molecule has 0 saturated heterocycles. The van der Waals surface area contributed by atoms with Gasteiger partial charge in [-0.05, 0) is 61.0 Å². The topological polar surface area (TPSA) is 36.3 Å². The zero-order valence-electron chi connectivity index (χ0n) is 17.4. The van der Waals surface area contributed by atoms with Crippen molar-refractivity contribution >= 4 is 28.4 Å². The first-order chi connectivity index (χ1) is 14.8. The van der Waals surface area contributed by atoms with Gasteiger partial charge in [0.15, 0.2) is 17.3 Å². The first-order valence-electron chi connectivity index (χ1n) is 10.2. The first kappa shape index (κ1) is 20.2. The van der Waals surface area contributed by atoms with Crippen LogP contribution < -0.4 is 9.47 Å². The van der Waals surface area contributed by atoms with Crippen LogP contribution in [0.3, 0.4) is 0 Å². The van der Waals surface area contributed by atoms with E-state index in [1.165, 1.54) is 10.4 Å². The Hall–Kier alpha value is -3.05. The molecule has 0 aliphatic heterocycles. The van der Waals surface area contributed by atoms with Gasteiger partial charge in [-0.1, -0.05) is 36.4 Å². The lowest BCUT2D eigenvalue weighted by Gasteiger charge is -2.12. The molecule has 0 unspecified atom stereocenters. The second-order valence-electron chi connectivity index (χ2n) is 7.02. The third-order valence-electron chi connectivity index (χ3n) is 4.98. The highest BCUT2D eigenvalue weighted by Gasteiger charge is 2.13. The van der Waals surface area contributed by atoms with Gasteiger partial charge in [0.1, 0.15) is 0 Å². The van der Waals surface area contributed by atoms with Crippen molar-refractivity contribution in [1.29, 1.82) is 0 Å². The predicted octanol–water partition coefficient (Wildman–Crippen LogP) is 6.67. The van der Waals surface area contributed by atoms with E-state index >= 15 is 0 Å². The van der Waals surface area contributed by atoms with Gasteiger partial charge in [-0.15, -0.1) is 11.3 Å². The lowest BCUT2D eigenvalue weighted by Crippen LogP contribution is -2.04. The standard InChI is InChI=1S/C25H26N2O2S/c1-3-9-19-13-14-22(23(18-19)28-2)29-16-7-6-15-27-21-11-5-4-10-20(21)26-25(27)24-12-8-17-30-24/h3-5,8-14,17-18H,6-7,15-16H2,1-2H3/b9-3+. The molecule has 0 fully saturated rings. The summed E-state index contributed by atoms with van der Waals surface area (Å²) < 4.78 is 13.8. The number of fused-ring (bicyclic) bond motifs is 1. The fraction of sp³-hybridized carbons (Fsp3) is 0.240. The predicted molar refractivity (Wildman–Crippen MR) is 125 cm³/mol. The maximum Gasteiger partial charge on any atom is 0.161 e. The quantitative estimate of drug-likeness (QED) is 0.285. The van der Waals surface area contributed by atoms with Crippen molar-refractivity contribution in [2.75, 3.05) is 13.7 Å². The van der Waals surface area contributed by atoms with E-state index in [9.17, 15) is 0 Å². The van der Waals surface area contributed by atoms with Crippen molar-refractivity contribution in [3.05, 3.63) is 71.6 Å². The summed E-state index contributed by atoms with van der Waals surface area (Å²) in [7, 11) is 1.68. The highest BCUT2D eigenvalue weighted by atomic mass is 32.1. The van der Waals surface area contributed by atoms with Gasteiger partial charge in [-0.25, -0.2) is 4.98 Å².